The van der Waals surface area contributed by atoms with E-state index in [9.17, 15) is 8.42 Å². The fraction of sp³-hybridized carbons (Fsp3) is 0.455. The minimum atomic E-state index is -3.45. The summed E-state index contributed by atoms with van der Waals surface area (Å²) in [6, 6.07) is 12.4. The number of methoxy groups -OCH3 is 1. The summed E-state index contributed by atoms with van der Waals surface area (Å²) in [5, 5.41) is 0. The van der Waals surface area contributed by atoms with Crippen molar-refractivity contribution in [3.05, 3.63) is 48.0 Å². The Morgan fingerprint density at radius 2 is 1.79 bits per heavy atom. The van der Waals surface area contributed by atoms with Crippen molar-refractivity contribution in [1.29, 1.82) is 0 Å². The normalized spacial score (nSPS) is 20.7. The molecule has 0 N–H and O–H groups in total. The molecule has 2 aromatic carbocycles. The van der Waals surface area contributed by atoms with Gasteiger partial charge in [0.1, 0.15) is 28.2 Å². The lowest BCUT2D eigenvalue weighted by atomic mass is 10.1. The van der Waals surface area contributed by atoms with E-state index in [1.165, 1.54) is 39.1 Å². The van der Waals surface area contributed by atoms with Gasteiger partial charge in [-0.05, 0) is 62.2 Å². The minimum Gasteiger partial charge on any atom is -0.497 e. The van der Waals surface area contributed by atoms with Gasteiger partial charge in [-0.3, -0.25) is 0 Å². The van der Waals surface area contributed by atoms with Crippen LogP contribution in [0, 0.1) is 0 Å². The summed E-state index contributed by atoms with van der Waals surface area (Å²) in [4.78, 5) is 2.66. The largest absolute Gasteiger partial charge is 0.497 e. The number of benzene rings is 2. The summed E-state index contributed by atoms with van der Waals surface area (Å²) in [6.45, 7) is 4.17. The third-order valence-corrected chi connectivity index (χ3v) is 7.19. The van der Waals surface area contributed by atoms with E-state index in [-0.39, 0.29) is 10.6 Å². The molecule has 29 heavy (non-hydrogen) atoms. The number of sulfone groups is 1. The molecule has 2 heterocycles. The summed E-state index contributed by atoms with van der Waals surface area (Å²) in [7, 11) is -1.94. The molecule has 2 aromatic rings. The summed E-state index contributed by atoms with van der Waals surface area (Å²) < 4.78 is 42.4. The number of hydrogen-bond donors (Lipinski definition) is 0. The minimum absolute atomic E-state index is 0.0940. The maximum absolute atomic E-state index is 12.7. The Morgan fingerprint density at radius 3 is 2.52 bits per heavy atom. The van der Waals surface area contributed by atoms with Crippen molar-refractivity contribution in [1.82, 2.24) is 4.90 Å². The van der Waals surface area contributed by atoms with Crippen LogP contribution in [0.5, 0.6) is 17.2 Å². The molecular weight excluding hydrogens is 390 g/mol. The molecule has 1 atom stereocenters. The van der Waals surface area contributed by atoms with Gasteiger partial charge in [0.25, 0.3) is 0 Å². The molecular formula is C22H27NO5S. The zero-order valence-corrected chi connectivity index (χ0v) is 17.5. The van der Waals surface area contributed by atoms with E-state index in [1.54, 1.807) is 12.1 Å². The highest BCUT2D eigenvalue weighted by molar-refractivity contribution is 7.91. The lowest BCUT2D eigenvalue weighted by Crippen LogP contribution is -2.25. The average Bonchev–Trinajstić information content (AvgIpc) is 3.24. The van der Waals surface area contributed by atoms with Crippen molar-refractivity contribution in [3.8, 4) is 17.2 Å². The van der Waals surface area contributed by atoms with Crippen molar-refractivity contribution < 1.29 is 22.6 Å². The molecule has 2 aliphatic rings. The van der Waals surface area contributed by atoms with Crippen LogP contribution in [0.2, 0.25) is 0 Å². The van der Waals surface area contributed by atoms with Crippen LogP contribution < -0.4 is 14.2 Å². The number of hydrogen-bond acceptors (Lipinski definition) is 6. The molecule has 0 bridgehead atoms. The predicted molar refractivity (Wildman–Crippen MR) is 111 cm³/mol. The zero-order valence-electron chi connectivity index (χ0n) is 16.7. The van der Waals surface area contributed by atoms with Gasteiger partial charge in [0, 0.05) is 12.6 Å². The third kappa shape index (κ3) is 4.67. The molecule has 0 saturated carbocycles. The van der Waals surface area contributed by atoms with E-state index in [0.29, 0.717) is 18.1 Å². The van der Waals surface area contributed by atoms with E-state index in [4.69, 9.17) is 14.2 Å². The summed E-state index contributed by atoms with van der Waals surface area (Å²) in [6.07, 6.45) is 3.08. The van der Waals surface area contributed by atoms with Gasteiger partial charge in [-0.25, -0.2) is 8.42 Å². The Morgan fingerprint density at radius 1 is 1.07 bits per heavy atom. The van der Waals surface area contributed by atoms with Crippen LogP contribution in [0.25, 0.3) is 0 Å². The molecule has 0 radical (unpaired) electrons. The molecule has 0 aromatic heterocycles. The Bertz CT molecular complexity index is 936. The molecule has 2 aliphatic heterocycles. The van der Waals surface area contributed by atoms with Crippen molar-refractivity contribution in [2.24, 2.45) is 0 Å². The average molecular weight is 418 g/mol. The second kappa shape index (κ2) is 8.63. The van der Waals surface area contributed by atoms with E-state index in [0.717, 1.165) is 24.3 Å². The second-order valence-electron chi connectivity index (χ2n) is 7.52. The van der Waals surface area contributed by atoms with Crippen LogP contribution in [0.3, 0.4) is 0 Å². The van der Waals surface area contributed by atoms with Gasteiger partial charge in [0.05, 0.1) is 19.5 Å². The van der Waals surface area contributed by atoms with Crippen LogP contribution >= 0.6 is 0 Å². The number of ether oxygens (including phenoxy) is 3. The number of fused-ring (bicyclic) bond motifs is 1. The SMILES string of the molecule is COc1ccc2c(c1)S(=O)(=O)C[C@H](c1ccc(OCCCN3CCCC3)cc1)O2. The molecule has 7 heteroatoms. The van der Waals surface area contributed by atoms with Crippen LogP contribution in [-0.2, 0) is 9.84 Å². The van der Waals surface area contributed by atoms with Gasteiger partial charge in [-0.15, -0.1) is 0 Å². The molecule has 0 aliphatic carbocycles. The van der Waals surface area contributed by atoms with Gasteiger partial charge in [0.15, 0.2) is 9.84 Å². The Kier molecular flexibility index (Phi) is 5.96. The maximum Gasteiger partial charge on any atom is 0.186 e. The number of rotatable bonds is 7. The maximum atomic E-state index is 12.7. The number of likely N-dealkylation sites (tertiary alicyclic amines) is 1. The first-order chi connectivity index (χ1) is 14.0. The lowest BCUT2D eigenvalue weighted by Gasteiger charge is -2.26. The van der Waals surface area contributed by atoms with Crippen molar-refractivity contribution in [2.75, 3.05) is 39.1 Å². The number of nitrogens with zero attached hydrogens (tertiary/aromatic N) is 1. The molecule has 156 valence electrons. The first-order valence-electron chi connectivity index (χ1n) is 10.1. The standard InChI is InChI=1S/C22H27NO5S/c1-26-19-9-10-20-22(15-19)29(24,25)16-21(28-20)17-5-7-18(8-6-17)27-14-4-13-23-11-2-3-12-23/h5-10,15,21H,2-4,11-14,16H2,1H3/t21-/m1/s1. The topological polar surface area (TPSA) is 65.1 Å². The molecule has 1 saturated heterocycles. The van der Waals surface area contributed by atoms with Crippen molar-refractivity contribution >= 4 is 9.84 Å². The third-order valence-electron chi connectivity index (χ3n) is 5.46. The molecule has 0 unspecified atom stereocenters. The van der Waals surface area contributed by atoms with E-state index in [1.807, 2.05) is 24.3 Å². The smallest absolute Gasteiger partial charge is 0.186 e. The fourth-order valence-electron chi connectivity index (χ4n) is 3.86. The first kappa shape index (κ1) is 20.0. The van der Waals surface area contributed by atoms with Gasteiger partial charge < -0.3 is 19.1 Å². The van der Waals surface area contributed by atoms with Crippen LogP contribution in [0.15, 0.2) is 47.4 Å². The summed E-state index contributed by atoms with van der Waals surface area (Å²) in [5.41, 5.74) is 0.819. The van der Waals surface area contributed by atoms with E-state index >= 15 is 0 Å². The van der Waals surface area contributed by atoms with Crippen LogP contribution in [0.1, 0.15) is 30.9 Å². The summed E-state index contributed by atoms with van der Waals surface area (Å²) in [5.74, 6) is 1.56. The highest BCUT2D eigenvalue weighted by atomic mass is 32.2. The van der Waals surface area contributed by atoms with Crippen molar-refractivity contribution in [3.63, 3.8) is 0 Å². The van der Waals surface area contributed by atoms with Crippen LogP contribution in [0.4, 0.5) is 0 Å². The monoisotopic (exact) mass is 417 g/mol. The highest BCUT2D eigenvalue weighted by Gasteiger charge is 2.33. The van der Waals surface area contributed by atoms with Gasteiger partial charge in [0.2, 0.25) is 0 Å². The first-order valence-corrected chi connectivity index (χ1v) is 11.7. The molecule has 1 fully saturated rings. The molecule has 0 amide bonds. The zero-order chi connectivity index (χ0) is 20.3. The van der Waals surface area contributed by atoms with Gasteiger partial charge >= 0.3 is 0 Å². The quantitative estimate of drug-likeness (QED) is 0.643. The van der Waals surface area contributed by atoms with E-state index in [2.05, 4.69) is 4.90 Å². The molecule has 4 rings (SSSR count). The Balaban J connectivity index is 1.37. The lowest BCUT2D eigenvalue weighted by molar-refractivity contribution is 0.214. The fourth-order valence-corrected chi connectivity index (χ4v) is 5.42. The second-order valence-corrected chi connectivity index (χ2v) is 9.52. The van der Waals surface area contributed by atoms with E-state index < -0.39 is 15.9 Å². The predicted octanol–water partition coefficient (Wildman–Crippen LogP) is 3.47. The molecule has 0 spiro atoms. The van der Waals surface area contributed by atoms with Gasteiger partial charge in [-0.2, -0.15) is 0 Å². The van der Waals surface area contributed by atoms with Gasteiger partial charge in [-0.1, -0.05) is 12.1 Å². The molecule has 6 nitrogen and oxygen atoms in total. The summed E-state index contributed by atoms with van der Waals surface area (Å²) >= 11 is 0. The highest BCUT2D eigenvalue weighted by Crippen LogP contribution is 2.38. The van der Waals surface area contributed by atoms with Crippen molar-refractivity contribution in [2.45, 2.75) is 30.3 Å². The Labute approximate surface area is 172 Å². The Hall–Kier alpha value is -2.25. The van der Waals surface area contributed by atoms with Crippen LogP contribution in [-0.4, -0.2) is 52.4 Å².